The third-order valence-electron chi connectivity index (χ3n) is 3.54. The molecule has 1 N–H and O–H groups in total. The van der Waals surface area contributed by atoms with Crippen LogP contribution in [-0.2, 0) is 0 Å². The van der Waals surface area contributed by atoms with Crippen molar-refractivity contribution in [3.05, 3.63) is 54.6 Å². The van der Waals surface area contributed by atoms with Gasteiger partial charge in [-0.1, -0.05) is 55.5 Å². The van der Waals surface area contributed by atoms with E-state index in [1.165, 1.54) is 5.56 Å². The maximum Gasteiger partial charge on any atom is 0.127 e. The highest BCUT2D eigenvalue weighted by Crippen LogP contribution is 2.30. The van der Waals surface area contributed by atoms with Crippen molar-refractivity contribution < 1.29 is 4.74 Å². The molecule has 2 unspecified atom stereocenters. The van der Waals surface area contributed by atoms with Gasteiger partial charge in [-0.15, -0.1) is 0 Å². The summed E-state index contributed by atoms with van der Waals surface area (Å²) in [7, 11) is 0. The average Bonchev–Trinajstić information content (AvgIpc) is 2.48. The van der Waals surface area contributed by atoms with Crippen LogP contribution in [-0.4, -0.2) is 18.7 Å². The van der Waals surface area contributed by atoms with E-state index in [4.69, 9.17) is 4.74 Å². The van der Waals surface area contributed by atoms with Crippen molar-refractivity contribution in [2.24, 2.45) is 0 Å². The second-order valence-corrected chi connectivity index (χ2v) is 5.49. The van der Waals surface area contributed by atoms with Crippen molar-refractivity contribution in [1.82, 2.24) is 5.32 Å². The van der Waals surface area contributed by atoms with Crippen LogP contribution >= 0.6 is 0 Å². The molecule has 0 aliphatic rings. The fourth-order valence-electron chi connectivity index (χ4n) is 2.62. The molecule has 2 atom stereocenters. The van der Waals surface area contributed by atoms with Crippen molar-refractivity contribution in [3.63, 3.8) is 0 Å². The van der Waals surface area contributed by atoms with Gasteiger partial charge in [-0.05, 0) is 38.4 Å². The lowest BCUT2D eigenvalue weighted by atomic mass is 10.0. The zero-order chi connectivity index (χ0) is 15.1. The number of para-hydroxylation sites is 1. The lowest BCUT2D eigenvalue weighted by Gasteiger charge is -2.21. The van der Waals surface area contributed by atoms with E-state index >= 15 is 0 Å². The van der Waals surface area contributed by atoms with Gasteiger partial charge in [0, 0.05) is 11.6 Å². The van der Waals surface area contributed by atoms with Gasteiger partial charge >= 0.3 is 0 Å². The molecule has 0 bridgehead atoms. The van der Waals surface area contributed by atoms with Crippen LogP contribution in [0, 0.1) is 0 Å². The van der Waals surface area contributed by atoms with Gasteiger partial charge in [0.15, 0.2) is 0 Å². The monoisotopic (exact) mass is 283 g/mol. The maximum absolute atomic E-state index is 6.18. The Hall–Kier alpha value is -1.80. The fraction of sp³-hybridized carbons (Fsp3) is 0.368. The molecule has 21 heavy (non-hydrogen) atoms. The van der Waals surface area contributed by atoms with E-state index in [2.05, 4.69) is 68.6 Å². The van der Waals surface area contributed by atoms with Crippen molar-refractivity contribution in [2.75, 3.05) is 6.54 Å². The predicted octanol–water partition coefficient (Wildman–Crippen LogP) is 4.51. The number of hydrogen-bond donors (Lipinski definition) is 1. The molecule has 0 aliphatic carbocycles. The Labute approximate surface area is 128 Å². The zero-order valence-electron chi connectivity index (χ0n) is 13.2. The summed E-state index contributed by atoms with van der Waals surface area (Å²) >= 11 is 0. The van der Waals surface area contributed by atoms with Crippen molar-refractivity contribution in [3.8, 4) is 16.9 Å². The third-order valence-corrected chi connectivity index (χ3v) is 3.54. The highest BCUT2D eigenvalue weighted by molar-refractivity contribution is 5.70. The summed E-state index contributed by atoms with van der Waals surface area (Å²) < 4.78 is 6.18. The first-order valence-electron chi connectivity index (χ1n) is 7.75. The van der Waals surface area contributed by atoms with Crippen molar-refractivity contribution in [1.29, 1.82) is 0 Å². The van der Waals surface area contributed by atoms with E-state index in [1.54, 1.807) is 0 Å². The average molecular weight is 283 g/mol. The number of ether oxygens (including phenoxy) is 1. The standard InChI is InChI=1S/C19H25NO/c1-4-20-15(2)14-16(3)21-19-13-9-8-12-18(19)17-10-6-5-7-11-17/h5-13,15-16,20H,4,14H2,1-3H3. The lowest BCUT2D eigenvalue weighted by Crippen LogP contribution is -2.30. The summed E-state index contributed by atoms with van der Waals surface area (Å²) in [5.74, 6) is 0.958. The van der Waals surface area contributed by atoms with E-state index in [0.717, 1.165) is 24.3 Å². The SMILES string of the molecule is CCNC(C)CC(C)Oc1ccccc1-c1ccccc1. The summed E-state index contributed by atoms with van der Waals surface area (Å²) in [5, 5.41) is 3.43. The molecule has 0 saturated heterocycles. The van der Waals surface area contributed by atoms with Crippen LogP contribution in [0.2, 0.25) is 0 Å². The molecule has 0 heterocycles. The van der Waals surface area contributed by atoms with E-state index in [-0.39, 0.29) is 6.10 Å². The first-order chi connectivity index (χ1) is 10.2. The Bertz CT molecular complexity index is 538. The molecule has 0 saturated carbocycles. The third kappa shape index (κ3) is 4.61. The molecule has 0 aromatic heterocycles. The molecule has 0 radical (unpaired) electrons. The van der Waals surface area contributed by atoms with E-state index in [1.807, 2.05) is 12.1 Å². The predicted molar refractivity (Wildman–Crippen MR) is 89.7 cm³/mol. The molecule has 0 spiro atoms. The van der Waals surface area contributed by atoms with Crippen LogP contribution in [0.15, 0.2) is 54.6 Å². The minimum atomic E-state index is 0.184. The maximum atomic E-state index is 6.18. The molecule has 2 nitrogen and oxygen atoms in total. The van der Waals surface area contributed by atoms with E-state index in [9.17, 15) is 0 Å². The molecular weight excluding hydrogens is 258 g/mol. The minimum Gasteiger partial charge on any atom is -0.490 e. The van der Waals surface area contributed by atoms with Gasteiger partial charge in [0.25, 0.3) is 0 Å². The molecule has 0 aliphatic heterocycles. The molecule has 2 aromatic rings. The summed E-state index contributed by atoms with van der Waals surface area (Å²) in [6.45, 7) is 7.46. The highest BCUT2D eigenvalue weighted by Gasteiger charge is 2.12. The van der Waals surface area contributed by atoms with Gasteiger partial charge in [-0.3, -0.25) is 0 Å². The summed E-state index contributed by atoms with van der Waals surface area (Å²) in [5.41, 5.74) is 2.35. The van der Waals surface area contributed by atoms with Gasteiger partial charge in [0.1, 0.15) is 5.75 Å². The normalized spacial score (nSPS) is 13.7. The molecule has 0 fully saturated rings. The van der Waals surface area contributed by atoms with Gasteiger partial charge in [-0.25, -0.2) is 0 Å². The van der Waals surface area contributed by atoms with Crippen LogP contribution in [0.1, 0.15) is 27.2 Å². The van der Waals surface area contributed by atoms with Gasteiger partial charge in [0.2, 0.25) is 0 Å². The van der Waals surface area contributed by atoms with Crippen LogP contribution in [0.5, 0.6) is 5.75 Å². The molecule has 2 aromatic carbocycles. The number of nitrogens with one attached hydrogen (secondary N) is 1. The summed E-state index contributed by atoms with van der Waals surface area (Å²) in [6.07, 6.45) is 1.18. The first-order valence-corrected chi connectivity index (χ1v) is 7.75. The van der Waals surface area contributed by atoms with Crippen LogP contribution in [0.4, 0.5) is 0 Å². The van der Waals surface area contributed by atoms with Crippen LogP contribution < -0.4 is 10.1 Å². The zero-order valence-corrected chi connectivity index (χ0v) is 13.2. The summed E-state index contributed by atoms with van der Waals surface area (Å²) in [6, 6.07) is 19.1. The Balaban J connectivity index is 2.10. The molecule has 2 heteroatoms. The molecule has 112 valence electrons. The topological polar surface area (TPSA) is 21.3 Å². The number of hydrogen-bond acceptors (Lipinski definition) is 2. The second kappa shape index (κ2) is 7.84. The largest absolute Gasteiger partial charge is 0.490 e. The number of benzene rings is 2. The minimum absolute atomic E-state index is 0.184. The van der Waals surface area contributed by atoms with Crippen molar-refractivity contribution in [2.45, 2.75) is 39.3 Å². The Kier molecular flexibility index (Phi) is 5.82. The fourth-order valence-corrected chi connectivity index (χ4v) is 2.62. The smallest absolute Gasteiger partial charge is 0.127 e. The van der Waals surface area contributed by atoms with Gasteiger partial charge in [-0.2, -0.15) is 0 Å². The van der Waals surface area contributed by atoms with Gasteiger partial charge < -0.3 is 10.1 Å². The van der Waals surface area contributed by atoms with E-state index in [0.29, 0.717) is 6.04 Å². The first kappa shape index (κ1) is 15.6. The second-order valence-electron chi connectivity index (χ2n) is 5.49. The Morgan fingerprint density at radius 1 is 0.952 bits per heavy atom. The highest BCUT2D eigenvalue weighted by atomic mass is 16.5. The Morgan fingerprint density at radius 2 is 1.62 bits per heavy atom. The number of rotatable bonds is 7. The molecular formula is C19H25NO. The molecule has 0 amide bonds. The van der Waals surface area contributed by atoms with Crippen molar-refractivity contribution >= 4 is 0 Å². The summed E-state index contributed by atoms with van der Waals surface area (Å²) in [4.78, 5) is 0. The molecule has 2 rings (SSSR count). The lowest BCUT2D eigenvalue weighted by molar-refractivity contribution is 0.197. The van der Waals surface area contributed by atoms with Crippen LogP contribution in [0.25, 0.3) is 11.1 Å². The van der Waals surface area contributed by atoms with Gasteiger partial charge in [0.05, 0.1) is 6.10 Å². The van der Waals surface area contributed by atoms with Crippen LogP contribution in [0.3, 0.4) is 0 Å². The van der Waals surface area contributed by atoms with E-state index < -0.39 is 0 Å². The quantitative estimate of drug-likeness (QED) is 0.807. The Morgan fingerprint density at radius 3 is 2.33 bits per heavy atom.